The van der Waals surface area contributed by atoms with Crippen molar-refractivity contribution in [1.82, 2.24) is 19.0 Å². The van der Waals surface area contributed by atoms with Crippen LogP contribution in [0.15, 0.2) is 29.3 Å². The molecule has 1 saturated heterocycles. The van der Waals surface area contributed by atoms with E-state index in [0.717, 1.165) is 12.2 Å². The Morgan fingerprint density at radius 1 is 1.07 bits per heavy atom. The second-order valence-corrected chi connectivity index (χ2v) is 8.51. The summed E-state index contributed by atoms with van der Waals surface area (Å²) in [4.78, 5) is 2.47. The lowest BCUT2D eigenvalue weighted by Gasteiger charge is -2.34. The number of nitrogens with zero attached hydrogens (tertiary/aromatic N) is 4. The molecule has 0 atom stereocenters. The van der Waals surface area contributed by atoms with Crippen molar-refractivity contribution >= 4 is 10.0 Å². The lowest BCUT2D eigenvalue weighted by Crippen LogP contribution is -2.48. The lowest BCUT2D eigenvalue weighted by atomic mass is 10.2. The molecule has 2 aromatic rings. The molecule has 0 N–H and O–H groups in total. The molecule has 0 saturated carbocycles. The Balaban J connectivity index is 1.68. The van der Waals surface area contributed by atoms with Gasteiger partial charge < -0.3 is 9.47 Å². The highest BCUT2D eigenvalue weighted by Gasteiger charge is 2.29. The van der Waals surface area contributed by atoms with Crippen LogP contribution in [0.1, 0.15) is 11.3 Å². The maximum atomic E-state index is 13.0. The van der Waals surface area contributed by atoms with Crippen molar-refractivity contribution in [3.05, 3.63) is 35.7 Å². The largest absolute Gasteiger partial charge is 0.493 e. The van der Waals surface area contributed by atoms with Crippen LogP contribution in [0.25, 0.3) is 0 Å². The maximum Gasteiger partial charge on any atom is 0.243 e. The first-order valence-electron chi connectivity index (χ1n) is 8.79. The second kappa shape index (κ2) is 7.87. The molecule has 3 rings (SSSR count). The molecule has 0 unspecified atom stereocenters. The lowest BCUT2D eigenvalue weighted by molar-refractivity contribution is 0.181. The Morgan fingerprint density at radius 2 is 1.74 bits per heavy atom. The van der Waals surface area contributed by atoms with Crippen molar-refractivity contribution in [1.29, 1.82) is 0 Å². The number of rotatable bonds is 6. The molecule has 1 aromatic carbocycles. The Kier molecular flexibility index (Phi) is 5.73. The van der Waals surface area contributed by atoms with E-state index in [0.29, 0.717) is 37.7 Å². The first-order chi connectivity index (χ1) is 12.9. The maximum absolute atomic E-state index is 13.0. The van der Waals surface area contributed by atoms with E-state index in [-0.39, 0.29) is 4.90 Å². The van der Waals surface area contributed by atoms with Crippen molar-refractivity contribution in [2.24, 2.45) is 7.05 Å². The van der Waals surface area contributed by atoms with Gasteiger partial charge in [0.1, 0.15) is 0 Å². The number of ether oxygens (including phenoxy) is 2. The van der Waals surface area contributed by atoms with Gasteiger partial charge in [-0.2, -0.15) is 9.40 Å². The minimum Gasteiger partial charge on any atom is -0.493 e. The summed E-state index contributed by atoms with van der Waals surface area (Å²) in [6, 6.07) is 4.69. The quantitative estimate of drug-likeness (QED) is 0.734. The molecule has 0 bridgehead atoms. The van der Waals surface area contributed by atoms with Crippen molar-refractivity contribution in [2.45, 2.75) is 18.4 Å². The molecule has 0 radical (unpaired) electrons. The Bertz CT molecular complexity index is 902. The van der Waals surface area contributed by atoms with Gasteiger partial charge in [-0.1, -0.05) is 0 Å². The monoisotopic (exact) mass is 394 g/mol. The van der Waals surface area contributed by atoms with Crippen LogP contribution in [-0.4, -0.2) is 67.8 Å². The Labute approximate surface area is 160 Å². The molecular weight excluding hydrogens is 368 g/mol. The molecule has 0 spiro atoms. The van der Waals surface area contributed by atoms with Crippen molar-refractivity contribution in [3.8, 4) is 11.5 Å². The number of methoxy groups -OCH3 is 2. The zero-order chi connectivity index (χ0) is 19.6. The number of sulfonamides is 1. The van der Waals surface area contributed by atoms with Crippen LogP contribution in [0.5, 0.6) is 11.5 Å². The van der Waals surface area contributed by atoms with Crippen LogP contribution in [0.4, 0.5) is 0 Å². The summed E-state index contributed by atoms with van der Waals surface area (Å²) in [6.45, 7) is 5.09. The predicted octanol–water partition coefficient (Wildman–Crippen LogP) is 1.25. The van der Waals surface area contributed by atoms with E-state index in [9.17, 15) is 8.42 Å². The molecular formula is C18H26N4O4S. The average molecular weight is 394 g/mol. The molecule has 2 heterocycles. The topological polar surface area (TPSA) is 76.9 Å². The second-order valence-electron chi connectivity index (χ2n) is 6.58. The van der Waals surface area contributed by atoms with Gasteiger partial charge in [0.2, 0.25) is 10.0 Å². The standard InChI is InChI=1S/C18H26N4O4S/c1-14-15(12-19-20(14)2)13-21-7-9-22(10-8-21)27(23,24)16-5-6-17(25-3)18(11-16)26-4/h5-6,11-12H,7-10,13H2,1-4H3. The molecule has 1 fully saturated rings. The predicted molar refractivity (Wildman–Crippen MR) is 102 cm³/mol. The van der Waals surface area contributed by atoms with Crippen LogP contribution in [0, 0.1) is 6.92 Å². The number of aryl methyl sites for hydroxylation is 1. The van der Waals surface area contributed by atoms with Crippen LogP contribution >= 0.6 is 0 Å². The van der Waals surface area contributed by atoms with Crippen LogP contribution in [0.3, 0.4) is 0 Å². The van der Waals surface area contributed by atoms with Gasteiger partial charge in [-0.15, -0.1) is 0 Å². The van der Waals surface area contributed by atoms with Gasteiger partial charge in [0, 0.05) is 57.1 Å². The molecule has 1 aliphatic rings. The van der Waals surface area contributed by atoms with E-state index in [1.165, 1.54) is 30.2 Å². The number of benzene rings is 1. The van der Waals surface area contributed by atoms with Crippen molar-refractivity contribution in [3.63, 3.8) is 0 Å². The number of aromatic nitrogens is 2. The van der Waals surface area contributed by atoms with Gasteiger partial charge in [-0.3, -0.25) is 9.58 Å². The summed E-state index contributed by atoms with van der Waals surface area (Å²) in [5.74, 6) is 0.914. The average Bonchev–Trinajstić information content (AvgIpc) is 3.00. The molecule has 0 aliphatic carbocycles. The molecule has 27 heavy (non-hydrogen) atoms. The van der Waals surface area contributed by atoms with E-state index >= 15 is 0 Å². The normalized spacial score (nSPS) is 16.4. The summed E-state index contributed by atoms with van der Waals surface area (Å²) in [7, 11) is 1.37. The van der Waals surface area contributed by atoms with Gasteiger partial charge in [0.15, 0.2) is 11.5 Å². The Morgan fingerprint density at radius 3 is 2.30 bits per heavy atom. The first kappa shape index (κ1) is 19.7. The zero-order valence-electron chi connectivity index (χ0n) is 16.2. The number of hydrogen-bond acceptors (Lipinski definition) is 6. The fraction of sp³-hybridized carbons (Fsp3) is 0.500. The molecule has 1 aromatic heterocycles. The third kappa shape index (κ3) is 3.95. The summed E-state index contributed by atoms with van der Waals surface area (Å²) in [5, 5.41) is 4.27. The fourth-order valence-corrected chi connectivity index (χ4v) is 4.63. The smallest absolute Gasteiger partial charge is 0.243 e. The third-order valence-corrected chi connectivity index (χ3v) is 6.95. The van der Waals surface area contributed by atoms with E-state index in [4.69, 9.17) is 9.47 Å². The van der Waals surface area contributed by atoms with Crippen LogP contribution < -0.4 is 9.47 Å². The molecule has 0 amide bonds. The van der Waals surface area contributed by atoms with Gasteiger partial charge in [0.05, 0.1) is 25.3 Å². The molecule has 8 nitrogen and oxygen atoms in total. The number of hydrogen-bond donors (Lipinski definition) is 0. The van der Waals surface area contributed by atoms with E-state index in [1.807, 2.05) is 24.9 Å². The van der Waals surface area contributed by atoms with Crippen LogP contribution in [-0.2, 0) is 23.6 Å². The summed E-state index contributed by atoms with van der Waals surface area (Å²) < 4.78 is 39.7. The minimum absolute atomic E-state index is 0.219. The minimum atomic E-state index is -3.57. The summed E-state index contributed by atoms with van der Waals surface area (Å²) in [5.41, 5.74) is 2.31. The SMILES string of the molecule is COc1ccc(S(=O)(=O)N2CCN(Cc3cnn(C)c3C)CC2)cc1OC. The highest BCUT2D eigenvalue weighted by Crippen LogP contribution is 2.31. The van der Waals surface area contributed by atoms with Gasteiger partial charge in [0.25, 0.3) is 0 Å². The third-order valence-electron chi connectivity index (χ3n) is 5.05. The first-order valence-corrected chi connectivity index (χ1v) is 10.2. The highest BCUT2D eigenvalue weighted by molar-refractivity contribution is 7.89. The zero-order valence-corrected chi connectivity index (χ0v) is 17.0. The van der Waals surface area contributed by atoms with E-state index in [1.54, 1.807) is 12.1 Å². The fourth-order valence-electron chi connectivity index (χ4n) is 3.19. The number of piperazine rings is 1. The van der Waals surface area contributed by atoms with Crippen LogP contribution in [0.2, 0.25) is 0 Å². The summed E-state index contributed by atoms with van der Waals surface area (Å²) in [6.07, 6.45) is 1.88. The highest BCUT2D eigenvalue weighted by atomic mass is 32.2. The molecule has 9 heteroatoms. The van der Waals surface area contributed by atoms with Crippen molar-refractivity contribution in [2.75, 3.05) is 40.4 Å². The van der Waals surface area contributed by atoms with E-state index in [2.05, 4.69) is 10.00 Å². The Hall–Kier alpha value is -2.10. The van der Waals surface area contributed by atoms with Gasteiger partial charge >= 0.3 is 0 Å². The summed E-state index contributed by atoms with van der Waals surface area (Å²) >= 11 is 0. The van der Waals surface area contributed by atoms with Gasteiger partial charge in [-0.25, -0.2) is 8.42 Å². The van der Waals surface area contributed by atoms with E-state index < -0.39 is 10.0 Å². The molecule has 148 valence electrons. The van der Waals surface area contributed by atoms with Crippen molar-refractivity contribution < 1.29 is 17.9 Å². The molecule has 1 aliphatic heterocycles. The van der Waals surface area contributed by atoms with Gasteiger partial charge in [-0.05, 0) is 19.1 Å².